The molecular formula is C11H23NO. The maximum Gasteiger partial charge on any atom is 0.0620 e. The third kappa shape index (κ3) is 3.65. The molecule has 0 saturated carbocycles. The first kappa shape index (κ1) is 11.0. The van der Waals surface area contributed by atoms with Gasteiger partial charge in [0.1, 0.15) is 0 Å². The predicted molar refractivity (Wildman–Crippen MR) is 55.8 cm³/mol. The first-order valence-corrected chi connectivity index (χ1v) is 5.31. The molecule has 13 heavy (non-hydrogen) atoms. The summed E-state index contributed by atoms with van der Waals surface area (Å²) in [4.78, 5) is 0. The second-order valence-electron chi connectivity index (χ2n) is 5.24. The van der Waals surface area contributed by atoms with Crippen molar-refractivity contribution >= 4 is 0 Å². The monoisotopic (exact) mass is 185 g/mol. The highest BCUT2D eigenvalue weighted by atomic mass is 16.5. The maximum atomic E-state index is 5.31. The summed E-state index contributed by atoms with van der Waals surface area (Å²) in [5, 5.41) is 3.56. The van der Waals surface area contributed by atoms with Gasteiger partial charge in [-0.2, -0.15) is 0 Å². The van der Waals surface area contributed by atoms with E-state index in [1.165, 1.54) is 6.42 Å². The second kappa shape index (κ2) is 4.43. The van der Waals surface area contributed by atoms with Crippen LogP contribution in [0.4, 0.5) is 0 Å². The zero-order valence-corrected chi connectivity index (χ0v) is 9.39. The highest BCUT2D eigenvalue weighted by molar-refractivity contribution is 4.76. The minimum absolute atomic E-state index is 0.409. The van der Waals surface area contributed by atoms with Gasteiger partial charge >= 0.3 is 0 Å². The van der Waals surface area contributed by atoms with Gasteiger partial charge in [0.25, 0.3) is 0 Å². The molecule has 1 rings (SSSR count). The van der Waals surface area contributed by atoms with Gasteiger partial charge in [-0.05, 0) is 24.3 Å². The van der Waals surface area contributed by atoms with Crippen LogP contribution >= 0.6 is 0 Å². The third-order valence-electron chi connectivity index (χ3n) is 3.12. The Bertz CT molecular complexity index is 145. The van der Waals surface area contributed by atoms with Gasteiger partial charge in [-0.3, -0.25) is 0 Å². The molecule has 0 radical (unpaired) electrons. The van der Waals surface area contributed by atoms with E-state index in [-0.39, 0.29) is 0 Å². The normalized spacial score (nSPS) is 26.3. The Kier molecular flexibility index (Phi) is 3.74. The van der Waals surface area contributed by atoms with Crippen LogP contribution < -0.4 is 5.32 Å². The molecule has 1 heterocycles. The summed E-state index contributed by atoms with van der Waals surface area (Å²) in [7, 11) is 0. The van der Waals surface area contributed by atoms with Gasteiger partial charge in [0.05, 0.1) is 6.61 Å². The highest BCUT2D eigenvalue weighted by Gasteiger charge is 2.22. The molecule has 2 nitrogen and oxygen atoms in total. The molecule has 2 unspecified atom stereocenters. The molecule has 0 aromatic rings. The fourth-order valence-electron chi connectivity index (χ4n) is 1.35. The van der Waals surface area contributed by atoms with E-state index in [1.54, 1.807) is 0 Å². The topological polar surface area (TPSA) is 21.3 Å². The van der Waals surface area contributed by atoms with E-state index in [2.05, 4.69) is 33.0 Å². The molecule has 0 aromatic heterocycles. The Morgan fingerprint density at radius 1 is 1.46 bits per heavy atom. The van der Waals surface area contributed by atoms with Crippen molar-refractivity contribution in [2.24, 2.45) is 11.3 Å². The maximum absolute atomic E-state index is 5.31. The molecule has 1 aliphatic rings. The lowest BCUT2D eigenvalue weighted by Crippen LogP contribution is -2.36. The van der Waals surface area contributed by atoms with Crippen LogP contribution in [0.2, 0.25) is 0 Å². The van der Waals surface area contributed by atoms with E-state index in [1.807, 2.05) is 0 Å². The summed E-state index contributed by atoms with van der Waals surface area (Å²) in [6.07, 6.45) is 1.18. The van der Waals surface area contributed by atoms with Crippen molar-refractivity contribution in [3.63, 3.8) is 0 Å². The van der Waals surface area contributed by atoms with Gasteiger partial charge in [-0.1, -0.05) is 27.7 Å². The lowest BCUT2D eigenvalue weighted by Gasteiger charge is -2.28. The lowest BCUT2D eigenvalue weighted by atomic mass is 9.82. The fourth-order valence-corrected chi connectivity index (χ4v) is 1.35. The van der Waals surface area contributed by atoms with E-state index in [0.717, 1.165) is 19.8 Å². The number of ether oxygens (including phenoxy) is 1. The molecule has 2 heteroatoms. The largest absolute Gasteiger partial charge is 0.380 e. The Hall–Kier alpha value is -0.0800. The van der Waals surface area contributed by atoms with Crippen molar-refractivity contribution < 1.29 is 4.74 Å². The molecule has 1 N–H and O–H groups in total. The molecule has 0 bridgehead atoms. The van der Waals surface area contributed by atoms with Gasteiger partial charge in [0.2, 0.25) is 0 Å². The number of rotatable bonds is 3. The van der Waals surface area contributed by atoms with Crippen LogP contribution in [0.25, 0.3) is 0 Å². The summed E-state index contributed by atoms with van der Waals surface area (Å²) in [5.74, 6) is 0.716. The van der Waals surface area contributed by atoms with Crippen LogP contribution in [-0.2, 0) is 4.74 Å². The molecular weight excluding hydrogens is 162 g/mol. The van der Waals surface area contributed by atoms with Crippen molar-refractivity contribution in [2.45, 2.75) is 40.2 Å². The van der Waals surface area contributed by atoms with Gasteiger partial charge < -0.3 is 10.1 Å². The fraction of sp³-hybridized carbons (Fsp3) is 1.00. The SMILES string of the molecule is CC(CNC1CCOC1)C(C)(C)C. The molecule has 1 fully saturated rings. The molecule has 0 aromatic carbocycles. The van der Waals surface area contributed by atoms with E-state index in [4.69, 9.17) is 4.74 Å². The van der Waals surface area contributed by atoms with Gasteiger partial charge in [-0.25, -0.2) is 0 Å². The van der Waals surface area contributed by atoms with E-state index in [0.29, 0.717) is 17.4 Å². The average molecular weight is 185 g/mol. The molecule has 0 spiro atoms. The quantitative estimate of drug-likeness (QED) is 0.726. The minimum atomic E-state index is 0.409. The Morgan fingerprint density at radius 3 is 2.62 bits per heavy atom. The van der Waals surface area contributed by atoms with Crippen LogP contribution in [-0.4, -0.2) is 25.8 Å². The van der Waals surface area contributed by atoms with Crippen LogP contribution in [0.1, 0.15) is 34.1 Å². The first-order chi connectivity index (χ1) is 6.00. The number of hydrogen-bond acceptors (Lipinski definition) is 2. The molecule has 78 valence electrons. The van der Waals surface area contributed by atoms with Crippen molar-refractivity contribution in [3.8, 4) is 0 Å². The Morgan fingerprint density at radius 2 is 2.15 bits per heavy atom. The number of hydrogen-bond donors (Lipinski definition) is 1. The first-order valence-electron chi connectivity index (χ1n) is 5.31. The molecule has 0 amide bonds. The Balaban J connectivity index is 2.17. The van der Waals surface area contributed by atoms with Gasteiger partial charge in [-0.15, -0.1) is 0 Å². The summed E-state index contributed by atoms with van der Waals surface area (Å²) in [6.45, 7) is 12.1. The number of nitrogens with one attached hydrogen (secondary N) is 1. The zero-order chi connectivity index (χ0) is 9.90. The molecule has 1 saturated heterocycles. The van der Waals surface area contributed by atoms with Crippen molar-refractivity contribution in [1.29, 1.82) is 0 Å². The highest BCUT2D eigenvalue weighted by Crippen LogP contribution is 2.24. The summed E-state index contributed by atoms with van der Waals surface area (Å²) in [5.41, 5.74) is 0.409. The Labute approximate surface area is 82.0 Å². The minimum Gasteiger partial charge on any atom is -0.380 e. The summed E-state index contributed by atoms with van der Waals surface area (Å²) in [6, 6.07) is 0.602. The van der Waals surface area contributed by atoms with E-state index >= 15 is 0 Å². The van der Waals surface area contributed by atoms with Crippen LogP contribution in [0.3, 0.4) is 0 Å². The zero-order valence-electron chi connectivity index (χ0n) is 9.39. The molecule has 2 atom stereocenters. The van der Waals surface area contributed by atoms with Crippen LogP contribution in [0.15, 0.2) is 0 Å². The molecule has 1 aliphatic heterocycles. The van der Waals surface area contributed by atoms with Crippen LogP contribution in [0, 0.1) is 11.3 Å². The average Bonchev–Trinajstić information content (AvgIpc) is 2.50. The van der Waals surface area contributed by atoms with Crippen molar-refractivity contribution in [1.82, 2.24) is 5.32 Å². The van der Waals surface area contributed by atoms with Gasteiger partial charge in [0.15, 0.2) is 0 Å². The van der Waals surface area contributed by atoms with Crippen molar-refractivity contribution in [3.05, 3.63) is 0 Å². The second-order valence-corrected chi connectivity index (χ2v) is 5.24. The van der Waals surface area contributed by atoms with Crippen molar-refractivity contribution in [2.75, 3.05) is 19.8 Å². The summed E-state index contributed by atoms with van der Waals surface area (Å²) >= 11 is 0. The smallest absolute Gasteiger partial charge is 0.0620 e. The van der Waals surface area contributed by atoms with Crippen LogP contribution in [0.5, 0.6) is 0 Å². The predicted octanol–water partition coefficient (Wildman–Crippen LogP) is 2.05. The lowest BCUT2D eigenvalue weighted by molar-refractivity contribution is 0.185. The van der Waals surface area contributed by atoms with E-state index < -0.39 is 0 Å². The molecule has 0 aliphatic carbocycles. The standard InChI is InChI=1S/C11H23NO/c1-9(11(2,3)4)7-12-10-5-6-13-8-10/h9-10,12H,5-8H2,1-4H3. The summed E-state index contributed by atoms with van der Waals surface area (Å²) < 4.78 is 5.31. The van der Waals surface area contributed by atoms with E-state index in [9.17, 15) is 0 Å². The van der Waals surface area contributed by atoms with Gasteiger partial charge in [0, 0.05) is 12.6 Å². The third-order valence-corrected chi connectivity index (χ3v) is 3.12.